The van der Waals surface area contributed by atoms with Gasteiger partial charge < -0.3 is 14.0 Å². The van der Waals surface area contributed by atoms with Crippen LogP contribution in [0.1, 0.15) is 40.2 Å². The molecule has 1 saturated heterocycles. The Labute approximate surface area is 210 Å². The van der Waals surface area contributed by atoms with E-state index in [2.05, 4.69) is 56.8 Å². The lowest BCUT2D eigenvalue weighted by molar-refractivity contribution is 0.0595. The predicted molar refractivity (Wildman–Crippen MR) is 142 cm³/mol. The van der Waals surface area contributed by atoms with Crippen LogP contribution in [-0.4, -0.2) is 48.8 Å². The first-order valence-electron chi connectivity index (χ1n) is 12.3. The van der Waals surface area contributed by atoms with E-state index in [4.69, 9.17) is 9.47 Å². The maximum Gasteiger partial charge on any atom is 0.341 e. The van der Waals surface area contributed by atoms with Crippen molar-refractivity contribution in [1.29, 1.82) is 0 Å². The zero-order chi connectivity index (χ0) is 24.0. The summed E-state index contributed by atoms with van der Waals surface area (Å²) in [7, 11) is 1.39. The molecule has 0 N–H and O–H groups in total. The van der Waals surface area contributed by atoms with Gasteiger partial charge in [-0.15, -0.1) is 0 Å². The number of aryl methyl sites for hydroxylation is 2. The average Bonchev–Trinajstić information content (AvgIpc) is 3.56. The number of para-hydroxylation sites is 2. The lowest BCUT2D eigenvalue weighted by atomic mass is 9.89. The number of rotatable bonds is 9. The van der Waals surface area contributed by atoms with Crippen molar-refractivity contribution in [3.63, 3.8) is 0 Å². The monoisotopic (exact) mass is 488 g/mol. The number of esters is 1. The minimum Gasteiger partial charge on any atom is -0.491 e. The Kier molecular flexibility index (Phi) is 7.50. The maximum absolute atomic E-state index is 12.0. The third kappa shape index (κ3) is 5.44. The van der Waals surface area contributed by atoms with E-state index < -0.39 is 0 Å². The summed E-state index contributed by atoms with van der Waals surface area (Å²) < 4.78 is 13.3. The standard InChI is InChI=1S/C29H32N2O3S/c1-33-29(32)25-7-3-5-9-28(25)34-18-17-30-14-11-23(12-15-30)26-20-31(16-10-22-13-19-35-21-22)27-8-4-2-6-24(26)27/h2-9,13,19-21,23H,10-12,14-18H2,1H3. The van der Waals surface area contributed by atoms with Crippen molar-refractivity contribution in [2.45, 2.75) is 31.7 Å². The summed E-state index contributed by atoms with van der Waals surface area (Å²) in [5.41, 5.74) is 4.73. The van der Waals surface area contributed by atoms with Gasteiger partial charge in [-0.2, -0.15) is 11.3 Å². The van der Waals surface area contributed by atoms with Gasteiger partial charge in [0.1, 0.15) is 17.9 Å². The highest BCUT2D eigenvalue weighted by molar-refractivity contribution is 7.07. The van der Waals surface area contributed by atoms with Gasteiger partial charge >= 0.3 is 5.97 Å². The molecule has 35 heavy (non-hydrogen) atoms. The normalized spacial score (nSPS) is 14.9. The van der Waals surface area contributed by atoms with E-state index >= 15 is 0 Å². The molecule has 1 aliphatic rings. The quantitative estimate of drug-likeness (QED) is 0.272. The van der Waals surface area contributed by atoms with Gasteiger partial charge in [-0.1, -0.05) is 30.3 Å². The maximum atomic E-state index is 12.0. The van der Waals surface area contributed by atoms with Crippen molar-refractivity contribution in [3.05, 3.63) is 88.2 Å². The molecule has 6 heteroatoms. The molecule has 3 heterocycles. The number of carbonyl (C=O) groups excluding carboxylic acids is 1. The molecule has 2 aromatic heterocycles. The Hall–Kier alpha value is -3.09. The smallest absolute Gasteiger partial charge is 0.341 e. The summed E-state index contributed by atoms with van der Waals surface area (Å²) in [6, 6.07) is 18.3. The molecule has 0 amide bonds. The van der Waals surface area contributed by atoms with Crippen molar-refractivity contribution >= 4 is 28.2 Å². The van der Waals surface area contributed by atoms with Crippen LogP contribution in [0.3, 0.4) is 0 Å². The molecular formula is C29H32N2O3S. The van der Waals surface area contributed by atoms with Crippen molar-refractivity contribution in [2.75, 3.05) is 33.4 Å². The summed E-state index contributed by atoms with van der Waals surface area (Å²) in [4.78, 5) is 14.4. The van der Waals surface area contributed by atoms with Gasteiger partial charge in [0.05, 0.1) is 7.11 Å². The Morgan fingerprint density at radius 3 is 2.63 bits per heavy atom. The van der Waals surface area contributed by atoms with Crippen LogP contribution in [0.4, 0.5) is 0 Å². The van der Waals surface area contributed by atoms with Crippen LogP contribution < -0.4 is 4.74 Å². The second-order valence-corrected chi connectivity index (χ2v) is 9.91. The fourth-order valence-corrected chi connectivity index (χ4v) is 5.80. The van der Waals surface area contributed by atoms with Gasteiger partial charge in [-0.25, -0.2) is 4.79 Å². The molecule has 0 saturated carbocycles. The predicted octanol–water partition coefficient (Wildman–Crippen LogP) is 5.99. The number of likely N-dealkylation sites (tertiary alicyclic amines) is 1. The largest absolute Gasteiger partial charge is 0.491 e. The number of fused-ring (bicyclic) bond motifs is 1. The topological polar surface area (TPSA) is 43.7 Å². The number of aromatic nitrogens is 1. The van der Waals surface area contributed by atoms with Crippen molar-refractivity contribution < 1.29 is 14.3 Å². The third-order valence-corrected chi connectivity index (χ3v) is 7.76. The van der Waals surface area contributed by atoms with Gasteiger partial charge in [0.25, 0.3) is 0 Å². The first-order chi connectivity index (χ1) is 17.2. The fourth-order valence-electron chi connectivity index (χ4n) is 5.09. The molecule has 0 radical (unpaired) electrons. The molecule has 1 fully saturated rings. The van der Waals surface area contributed by atoms with Crippen LogP contribution in [0.25, 0.3) is 10.9 Å². The van der Waals surface area contributed by atoms with Gasteiger partial charge in [0.2, 0.25) is 0 Å². The summed E-state index contributed by atoms with van der Waals surface area (Å²) in [5.74, 6) is 0.805. The zero-order valence-electron chi connectivity index (χ0n) is 20.2. The molecule has 1 aliphatic heterocycles. The highest BCUT2D eigenvalue weighted by Crippen LogP contribution is 2.34. The second-order valence-electron chi connectivity index (χ2n) is 9.13. The number of piperidine rings is 1. The van der Waals surface area contributed by atoms with E-state index in [0.29, 0.717) is 23.8 Å². The fraction of sp³-hybridized carbons (Fsp3) is 0.345. The Morgan fingerprint density at radius 1 is 1.03 bits per heavy atom. The molecule has 0 bridgehead atoms. The number of thiophene rings is 1. The van der Waals surface area contributed by atoms with E-state index in [9.17, 15) is 4.79 Å². The first kappa shape index (κ1) is 23.6. The van der Waals surface area contributed by atoms with Crippen LogP contribution in [0.2, 0.25) is 0 Å². The first-order valence-corrected chi connectivity index (χ1v) is 13.3. The minimum absolute atomic E-state index is 0.365. The van der Waals surface area contributed by atoms with Crippen LogP contribution in [-0.2, 0) is 17.7 Å². The highest BCUT2D eigenvalue weighted by Gasteiger charge is 2.24. The van der Waals surface area contributed by atoms with Crippen LogP contribution >= 0.6 is 11.3 Å². The van der Waals surface area contributed by atoms with Crippen LogP contribution in [0, 0.1) is 0 Å². The number of benzene rings is 2. The number of ether oxygens (including phenoxy) is 2. The van der Waals surface area contributed by atoms with E-state index in [1.807, 2.05) is 18.2 Å². The van der Waals surface area contributed by atoms with E-state index in [1.54, 1.807) is 17.4 Å². The van der Waals surface area contributed by atoms with Gasteiger partial charge in [0.15, 0.2) is 0 Å². The Balaban J connectivity index is 1.18. The zero-order valence-corrected chi connectivity index (χ0v) is 21.0. The summed E-state index contributed by atoms with van der Waals surface area (Å²) >= 11 is 1.77. The second kappa shape index (κ2) is 11.1. The molecule has 2 aromatic carbocycles. The average molecular weight is 489 g/mol. The number of nitrogens with zero attached hydrogens (tertiary/aromatic N) is 2. The minimum atomic E-state index is -0.365. The molecule has 0 spiro atoms. The third-order valence-electron chi connectivity index (χ3n) is 7.03. The molecule has 5 rings (SSSR count). The van der Waals surface area contributed by atoms with Crippen molar-refractivity contribution in [3.8, 4) is 5.75 Å². The highest BCUT2D eigenvalue weighted by atomic mass is 32.1. The Morgan fingerprint density at radius 2 is 1.83 bits per heavy atom. The SMILES string of the molecule is COC(=O)c1ccccc1OCCN1CCC(c2cn(CCc3ccsc3)c3ccccc23)CC1. The summed E-state index contributed by atoms with van der Waals surface area (Å²) in [6.45, 7) is 4.54. The summed E-state index contributed by atoms with van der Waals surface area (Å²) in [6.07, 6.45) is 5.78. The van der Waals surface area contributed by atoms with Gasteiger partial charge in [0, 0.05) is 30.2 Å². The number of methoxy groups -OCH3 is 1. The van der Waals surface area contributed by atoms with E-state index in [-0.39, 0.29) is 5.97 Å². The molecule has 4 aromatic rings. The number of carbonyl (C=O) groups is 1. The molecule has 0 atom stereocenters. The van der Waals surface area contributed by atoms with Gasteiger partial charge in [-0.3, -0.25) is 4.90 Å². The van der Waals surface area contributed by atoms with Gasteiger partial charge in [-0.05, 0) is 84.4 Å². The number of hydrogen-bond donors (Lipinski definition) is 0. The van der Waals surface area contributed by atoms with Crippen molar-refractivity contribution in [2.24, 2.45) is 0 Å². The van der Waals surface area contributed by atoms with E-state index in [1.165, 1.54) is 29.1 Å². The van der Waals surface area contributed by atoms with Crippen molar-refractivity contribution in [1.82, 2.24) is 9.47 Å². The molecule has 5 nitrogen and oxygen atoms in total. The van der Waals surface area contributed by atoms with Crippen LogP contribution in [0.5, 0.6) is 5.75 Å². The lowest BCUT2D eigenvalue weighted by Crippen LogP contribution is -2.35. The van der Waals surface area contributed by atoms with E-state index in [0.717, 1.165) is 45.4 Å². The molecular weight excluding hydrogens is 456 g/mol. The molecule has 182 valence electrons. The van der Waals surface area contributed by atoms with Crippen LogP contribution in [0.15, 0.2) is 71.6 Å². The Bertz CT molecular complexity index is 1260. The lowest BCUT2D eigenvalue weighted by Gasteiger charge is -2.31. The summed E-state index contributed by atoms with van der Waals surface area (Å²) in [5, 5.41) is 5.81. The number of hydrogen-bond acceptors (Lipinski definition) is 5. The molecule has 0 aliphatic carbocycles. The molecule has 0 unspecified atom stereocenters.